The topological polar surface area (TPSA) is 33.5 Å². The summed E-state index contributed by atoms with van der Waals surface area (Å²) >= 11 is 0. The van der Waals surface area contributed by atoms with Gasteiger partial charge in [0.2, 0.25) is 0 Å². The van der Waals surface area contributed by atoms with E-state index in [0.717, 1.165) is 44.7 Å². The predicted octanol–water partition coefficient (Wildman–Crippen LogP) is 9.94. The Morgan fingerprint density at radius 3 is 2.24 bits per heavy atom. The zero-order valence-electron chi connectivity index (χ0n) is 24.9. The normalized spacial score (nSPS) is 12.5. The van der Waals surface area contributed by atoms with Crippen molar-refractivity contribution >= 4 is 44.6 Å². The summed E-state index contributed by atoms with van der Waals surface area (Å²) in [6.45, 7) is 5.09. The van der Waals surface area contributed by atoms with Crippen LogP contribution in [0.1, 0.15) is 25.3 Å². The van der Waals surface area contributed by atoms with Gasteiger partial charge in [-0.1, -0.05) is 73.6 Å². The molecule has 2 aromatic heterocycles. The van der Waals surface area contributed by atoms with E-state index in [4.69, 9.17) is 9.72 Å². The zero-order valence-corrected chi connectivity index (χ0v) is 27.2. The van der Waals surface area contributed by atoms with Crippen LogP contribution < -0.4 is 14.5 Å². The standard InChI is InChI=1S/C39H30N4O.Pt/c1-27(2)28-21-22-40-39(23-28)43-35-16-7-6-15-33(35)34-20-19-32(25-38(34)43)44-31-14-10-13-30(24-31)42-26-41(29-11-4-3-5-12-29)36-17-8-9-18-37(36)42;/h3-23,27H,26H2,1-2H3;/q-2;+2. The smallest absolute Gasteiger partial charge is 0.509 e. The molecule has 0 unspecified atom stereocenters. The molecule has 0 amide bonds. The molecule has 0 saturated heterocycles. The number of fused-ring (bicyclic) bond motifs is 4. The summed E-state index contributed by atoms with van der Waals surface area (Å²) < 4.78 is 8.63. The second-order valence-corrected chi connectivity index (χ2v) is 11.4. The van der Waals surface area contributed by atoms with Gasteiger partial charge in [-0.25, -0.2) is 4.98 Å². The van der Waals surface area contributed by atoms with Gasteiger partial charge in [-0.15, -0.1) is 35.7 Å². The SMILES string of the molecule is CC(C)c1ccnc(-n2c3[c-]c(Oc4[c-]c(N5CN(c6ccccc6)c6ccccc65)ccc4)ccc3c3ccccc32)c1.[Pt+2]. The first-order valence-electron chi connectivity index (χ1n) is 15.0. The van der Waals surface area contributed by atoms with Crippen molar-refractivity contribution in [2.75, 3.05) is 16.5 Å². The van der Waals surface area contributed by atoms with Gasteiger partial charge in [0.05, 0.1) is 18.0 Å². The number of ether oxygens (including phenoxy) is 1. The molecule has 0 saturated carbocycles. The van der Waals surface area contributed by atoms with Crippen molar-refractivity contribution in [3.63, 3.8) is 0 Å². The van der Waals surface area contributed by atoms with Crippen molar-refractivity contribution in [3.05, 3.63) is 145 Å². The van der Waals surface area contributed by atoms with Crippen molar-refractivity contribution in [2.45, 2.75) is 19.8 Å². The number of pyridine rings is 1. The summed E-state index contributed by atoms with van der Waals surface area (Å²) in [6.07, 6.45) is 1.89. The average Bonchev–Trinajstić information content (AvgIpc) is 3.61. The minimum atomic E-state index is 0. The Morgan fingerprint density at radius 1 is 0.689 bits per heavy atom. The maximum atomic E-state index is 6.45. The minimum absolute atomic E-state index is 0. The Balaban J connectivity index is 0.00000325. The van der Waals surface area contributed by atoms with E-state index in [9.17, 15) is 0 Å². The third-order valence-corrected chi connectivity index (χ3v) is 8.30. The second-order valence-electron chi connectivity index (χ2n) is 11.4. The van der Waals surface area contributed by atoms with Crippen LogP contribution in [-0.2, 0) is 21.1 Å². The van der Waals surface area contributed by atoms with Crippen LogP contribution in [0.3, 0.4) is 0 Å². The molecule has 222 valence electrons. The van der Waals surface area contributed by atoms with Crippen LogP contribution in [-0.4, -0.2) is 16.2 Å². The van der Waals surface area contributed by atoms with Crippen molar-refractivity contribution in [1.82, 2.24) is 9.55 Å². The quantitative estimate of drug-likeness (QED) is 0.158. The number of nitrogens with zero attached hydrogens (tertiary/aromatic N) is 4. The molecule has 0 aliphatic carbocycles. The van der Waals surface area contributed by atoms with Gasteiger partial charge < -0.3 is 19.1 Å². The molecule has 7 aromatic rings. The summed E-state index contributed by atoms with van der Waals surface area (Å²) in [4.78, 5) is 9.36. The van der Waals surface area contributed by atoms with Crippen LogP contribution in [0.2, 0.25) is 0 Å². The van der Waals surface area contributed by atoms with E-state index in [0.29, 0.717) is 24.1 Å². The molecule has 0 bridgehead atoms. The largest absolute Gasteiger partial charge is 2.00 e. The number of aromatic nitrogens is 2. The van der Waals surface area contributed by atoms with E-state index in [1.54, 1.807) is 0 Å². The van der Waals surface area contributed by atoms with Gasteiger partial charge in [0.1, 0.15) is 5.82 Å². The van der Waals surface area contributed by atoms with E-state index in [1.165, 1.54) is 11.3 Å². The van der Waals surface area contributed by atoms with Gasteiger partial charge in [0.25, 0.3) is 0 Å². The van der Waals surface area contributed by atoms with Gasteiger partial charge in [0, 0.05) is 28.9 Å². The molecule has 8 rings (SSSR count). The van der Waals surface area contributed by atoms with E-state index in [1.807, 2.05) is 30.5 Å². The third kappa shape index (κ3) is 5.17. The number of anilines is 4. The molecule has 5 aromatic carbocycles. The molecule has 1 aliphatic heterocycles. The Kier molecular flexibility index (Phi) is 7.64. The summed E-state index contributed by atoms with van der Waals surface area (Å²) in [6, 6.07) is 48.9. The molecule has 0 fully saturated rings. The monoisotopic (exact) mass is 765 g/mol. The maximum Gasteiger partial charge on any atom is 2.00 e. The molecule has 5 nitrogen and oxygen atoms in total. The molecule has 0 atom stereocenters. The van der Waals surface area contributed by atoms with Gasteiger partial charge >= 0.3 is 21.1 Å². The molecule has 1 aliphatic rings. The maximum absolute atomic E-state index is 6.45. The third-order valence-electron chi connectivity index (χ3n) is 8.30. The van der Waals surface area contributed by atoms with Gasteiger partial charge in [-0.3, -0.25) is 0 Å². The van der Waals surface area contributed by atoms with Gasteiger partial charge in [-0.05, 0) is 59.3 Å². The average molecular weight is 766 g/mol. The molecule has 3 heterocycles. The first-order chi connectivity index (χ1) is 21.6. The molecule has 0 radical (unpaired) electrons. The molecule has 0 spiro atoms. The van der Waals surface area contributed by atoms with Crippen molar-refractivity contribution in [1.29, 1.82) is 0 Å². The van der Waals surface area contributed by atoms with E-state index >= 15 is 0 Å². The van der Waals surface area contributed by atoms with Crippen molar-refractivity contribution in [2.24, 2.45) is 0 Å². The summed E-state index contributed by atoms with van der Waals surface area (Å²) in [5.74, 6) is 2.54. The summed E-state index contributed by atoms with van der Waals surface area (Å²) in [5.41, 5.74) is 7.67. The zero-order chi connectivity index (χ0) is 29.6. The second kappa shape index (κ2) is 11.9. The Morgan fingerprint density at radius 2 is 1.42 bits per heavy atom. The van der Waals surface area contributed by atoms with Crippen LogP contribution in [0.25, 0.3) is 27.6 Å². The molecular weight excluding hydrogens is 736 g/mol. The number of hydrogen-bond donors (Lipinski definition) is 0. The van der Waals surface area contributed by atoms with Crippen LogP contribution in [0.5, 0.6) is 11.5 Å². The summed E-state index contributed by atoms with van der Waals surface area (Å²) in [7, 11) is 0. The number of benzene rings is 5. The van der Waals surface area contributed by atoms with Gasteiger partial charge in [0.15, 0.2) is 0 Å². The Hall–Kier alpha value is -4.86. The fourth-order valence-corrected chi connectivity index (χ4v) is 6.11. The van der Waals surface area contributed by atoms with Crippen molar-refractivity contribution in [3.8, 4) is 17.3 Å². The van der Waals surface area contributed by atoms with Crippen LogP contribution in [0, 0.1) is 12.1 Å². The van der Waals surface area contributed by atoms with Gasteiger partial charge in [-0.2, -0.15) is 12.1 Å². The molecule has 45 heavy (non-hydrogen) atoms. The summed E-state index contributed by atoms with van der Waals surface area (Å²) in [5, 5.41) is 2.27. The number of rotatable bonds is 6. The first kappa shape index (κ1) is 28.9. The minimum Gasteiger partial charge on any atom is -0.509 e. The van der Waals surface area contributed by atoms with Crippen molar-refractivity contribution < 1.29 is 25.8 Å². The fourth-order valence-electron chi connectivity index (χ4n) is 6.11. The Bertz CT molecular complexity index is 2140. The predicted molar refractivity (Wildman–Crippen MR) is 179 cm³/mol. The molecular formula is C39H30N4OPt. The fraction of sp³-hybridized carbons (Fsp3) is 0.103. The van der Waals surface area contributed by atoms with E-state index < -0.39 is 0 Å². The molecule has 0 N–H and O–H groups in total. The number of hydrogen-bond acceptors (Lipinski definition) is 4. The number of para-hydroxylation sites is 4. The Labute approximate surface area is 277 Å². The van der Waals surface area contributed by atoms with E-state index in [-0.39, 0.29) is 21.1 Å². The van der Waals surface area contributed by atoms with E-state index in [2.05, 4.69) is 137 Å². The molecule has 6 heteroatoms. The van der Waals surface area contributed by atoms with Crippen LogP contribution in [0.15, 0.2) is 128 Å². The first-order valence-corrected chi connectivity index (χ1v) is 15.0. The van der Waals surface area contributed by atoms with Crippen LogP contribution in [0.4, 0.5) is 22.7 Å². The van der Waals surface area contributed by atoms with Crippen LogP contribution >= 0.6 is 0 Å².